The van der Waals surface area contributed by atoms with Gasteiger partial charge in [0, 0.05) is 5.92 Å². The van der Waals surface area contributed by atoms with Crippen LogP contribution in [0.5, 0.6) is 0 Å². The molecule has 2 aromatic carbocycles. The van der Waals surface area contributed by atoms with Gasteiger partial charge in [-0.2, -0.15) is 0 Å². The Morgan fingerprint density at radius 2 is 1.69 bits per heavy atom. The Hall–Kier alpha value is -2.94. The lowest BCUT2D eigenvalue weighted by molar-refractivity contribution is -0.145. The molecule has 2 aliphatic rings. The number of amides is 1. The van der Waals surface area contributed by atoms with Gasteiger partial charge >= 0.3 is 12.1 Å². The Morgan fingerprint density at radius 1 is 1.00 bits per heavy atom. The third kappa shape index (κ3) is 6.39. The molecule has 2 aliphatic heterocycles. The van der Waals surface area contributed by atoms with Crippen molar-refractivity contribution in [3.05, 3.63) is 71.8 Å². The van der Waals surface area contributed by atoms with E-state index in [-0.39, 0.29) is 43.2 Å². The molecule has 2 aromatic rings. The summed E-state index contributed by atoms with van der Waals surface area (Å²) in [7, 11) is 0. The van der Waals surface area contributed by atoms with Crippen molar-refractivity contribution >= 4 is 12.1 Å². The Morgan fingerprint density at radius 3 is 2.37 bits per heavy atom. The van der Waals surface area contributed by atoms with E-state index in [2.05, 4.69) is 0 Å². The van der Waals surface area contributed by atoms with Gasteiger partial charge in [0.05, 0.1) is 51.6 Å². The van der Waals surface area contributed by atoms with E-state index in [9.17, 15) is 9.59 Å². The zero-order valence-corrected chi connectivity index (χ0v) is 20.2. The summed E-state index contributed by atoms with van der Waals surface area (Å²) in [5.74, 6) is -0.530. The fraction of sp³-hybridized carbons (Fsp3) is 0.481. The van der Waals surface area contributed by atoms with Gasteiger partial charge in [0.2, 0.25) is 0 Å². The van der Waals surface area contributed by atoms with Crippen molar-refractivity contribution in [2.75, 3.05) is 26.4 Å². The normalized spacial score (nSPS) is 24.1. The molecule has 0 saturated carbocycles. The minimum Gasteiger partial charge on any atom is -0.466 e. The van der Waals surface area contributed by atoms with Gasteiger partial charge in [-0.15, -0.1) is 0 Å². The van der Waals surface area contributed by atoms with Crippen molar-refractivity contribution in [2.45, 2.75) is 51.4 Å². The van der Waals surface area contributed by atoms with Crippen LogP contribution in [0.1, 0.15) is 37.4 Å². The van der Waals surface area contributed by atoms with Crippen molar-refractivity contribution in [3.63, 3.8) is 0 Å². The molecule has 1 amide bonds. The van der Waals surface area contributed by atoms with Crippen LogP contribution in [-0.2, 0) is 35.1 Å². The molecule has 2 saturated heterocycles. The fourth-order valence-electron chi connectivity index (χ4n) is 4.49. The van der Waals surface area contributed by atoms with Gasteiger partial charge in [0.15, 0.2) is 6.23 Å². The lowest BCUT2D eigenvalue weighted by atomic mass is 9.99. The molecule has 4 rings (SSSR count). The highest BCUT2D eigenvalue weighted by Crippen LogP contribution is 2.42. The van der Waals surface area contributed by atoms with E-state index < -0.39 is 12.3 Å². The van der Waals surface area contributed by atoms with Gasteiger partial charge in [-0.05, 0) is 25.0 Å². The first-order valence-corrected chi connectivity index (χ1v) is 12.2. The molecular formula is C27H33NO7. The molecule has 0 aromatic heterocycles. The Labute approximate surface area is 206 Å². The van der Waals surface area contributed by atoms with E-state index in [0.717, 1.165) is 11.1 Å². The van der Waals surface area contributed by atoms with Gasteiger partial charge in [0.1, 0.15) is 6.10 Å². The first-order valence-electron chi connectivity index (χ1n) is 12.2. The number of carbonyl (C=O) groups is 2. The van der Waals surface area contributed by atoms with Crippen LogP contribution in [0, 0.1) is 5.92 Å². The van der Waals surface area contributed by atoms with Crippen LogP contribution in [-0.4, -0.2) is 61.8 Å². The number of nitrogens with zero attached hydrogens (tertiary/aromatic N) is 1. The number of epoxide rings is 1. The molecule has 0 radical (unpaired) electrons. The minimum absolute atomic E-state index is 0.165. The second-order valence-corrected chi connectivity index (χ2v) is 8.59. The largest absolute Gasteiger partial charge is 0.466 e. The summed E-state index contributed by atoms with van der Waals surface area (Å²) in [6.07, 6.45) is -1.57. The van der Waals surface area contributed by atoms with E-state index in [0.29, 0.717) is 26.4 Å². The number of esters is 1. The van der Waals surface area contributed by atoms with Crippen LogP contribution < -0.4 is 0 Å². The van der Waals surface area contributed by atoms with Crippen LogP contribution in [0.4, 0.5) is 4.79 Å². The number of carbonyl (C=O) groups excluding carboxylic acids is 2. The summed E-state index contributed by atoms with van der Waals surface area (Å²) < 4.78 is 28.6. The Bertz CT molecular complexity index is 955. The van der Waals surface area contributed by atoms with Crippen molar-refractivity contribution < 1.29 is 33.3 Å². The second-order valence-electron chi connectivity index (χ2n) is 8.59. The maximum atomic E-state index is 12.9. The highest BCUT2D eigenvalue weighted by atomic mass is 16.6. The smallest absolute Gasteiger partial charge is 0.412 e. The third-order valence-electron chi connectivity index (χ3n) is 6.18. The summed E-state index contributed by atoms with van der Waals surface area (Å²) in [6, 6.07) is 19.3. The van der Waals surface area contributed by atoms with Gasteiger partial charge in [0.25, 0.3) is 0 Å². The van der Waals surface area contributed by atoms with Gasteiger partial charge in [-0.3, -0.25) is 9.69 Å². The molecule has 5 atom stereocenters. The molecule has 188 valence electrons. The number of rotatable bonds is 11. The first kappa shape index (κ1) is 25.2. The first-order chi connectivity index (χ1) is 17.1. The monoisotopic (exact) mass is 483 g/mol. The molecule has 2 heterocycles. The fourth-order valence-corrected chi connectivity index (χ4v) is 4.49. The molecule has 2 fully saturated rings. The zero-order chi connectivity index (χ0) is 24.6. The molecule has 35 heavy (non-hydrogen) atoms. The molecule has 8 nitrogen and oxygen atoms in total. The third-order valence-corrected chi connectivity index (χ3v) is 6.18. The number of benzene rings is 2. The van der Waals surface area contributed by atoms with Crippen LogP contribution >= 0.6 is 0 Å². The minimum atomic E-state index is -0.608. The summed E-state index contributed by atoms with van der Waals surface area (Å²) in [5, 5.41) is 0. The van der Waals surface area contributed by atoms with Crippen LogP contribution in [0.3, 0.4) is 0 Å². The van der Waals surface area contributed by atoms with Gasteiger partial charge in [-0.25, -0.2) is 4.79 Å². The SMILES string of the molecule is CCOC(=O)C[C@H](COCc1ccccc1)[C@@H]1O[C@H]1[C@H]1OC[C@@H](c2ccccc2)N1C(=O)OCC. The van der Waals surface area contributed by atoms with Crippen molar-refractivity contribution in [2.24, 2.45) is 5.92 Å². The van der Waals surface area contributed by atoms with Crippen molar-refractivity contribution in [1.82, 2.24) is 4.90 Å². The Kier molecular flexibility index (Phi) is 8.74. The summed E-state index contributed by atoms with van der Waals surface area (Å²) in [6.45, 7) is 5.22. The van der Waals surface area contributed by atoms with E-state index in [4.69, 9.17) is 23.7 Å². The standard InChI is InChI=1S/C27H33NO7/c1-3-32-23(29)15-21(17-31-16-19-11-7-5-8-12-19)24-25(35-24)26-28(27(30)33-4-2)22(18-34-26)20-13-9-6-10-14-20/h5-14,21-22,24-26H,3-4,15-18H2,1-2H3/t21-,22+,24+,25-,26-/m1/s1. The predicted octanol–water partition coefficient (Wildman–Crippen LogP) is 4.10. The van der Waals surface area contributed by atoms with Crippen LogP contribution in [0.25, 0.3) is 0 Å². The number of hydrogen-bond acceptors (Lipinski definition) is 7. The predicted molar refractivity (Wildman–Crippen MR) is 127 cm³/mol. The number of ether oxygens (including phenoxy) is 5. The average Bonchev–Trinajstić information content (AvgIpc) is 3.54. The maximum Gasteiger partial charge on any atom is 0.412 e. The number of hydrogen-bond donors (Lipinski definition) is 0. The molecule has 8 heteroatoms. The van der Waals surface area contributed by atoms with Crippen LogP contribution in [0.15, 0.2) is 60.7 Å². The highest BCUT2D eigenvalue weighted by Gasteiger charge is 2.57. The van der Waals surface area contributed by atoms with E-state index in [1.54, 1.807) is 18.7 Å². The Balaban J connectivity index is 1.44. The molecule has 0 bridgehead atoms. The zero-order valence-electron chi connectivity index (χ0n) is 20.2. The van der Waals surface area contributed by atoms with E-state index >= 15 is 0 Å². The lowest BCUT2D eigenvalue weighted by Gasteiger charge is -2.27. The summed E-state index contributed by atoms with van der Waals surface area (Å²) in [5.41, 5.74) is 2.02. The molecule has 0 aliphatic carbocycles. The van der Waals surface area contributed by atoms with Crippen LogP contribution in [0.2, 0.25) is 0 Å². The van der Waals surface area contributed by atoms with Gasteiger partial charge < -0.3 is 23.7 Å². The van der Waals surface area contributed by atoms with E-state index in [1.165, 1.54) is 0 Å². The molecule has 0 unspecified atom stereocenters. The summed E-state index contributed by atoms with van der Waals surface area (Å²) >= 11 is 0. The highest BCUT2D eigenvalue weighted by molar-refractivity contribution is 5.70. The molecule has 0 N–H and O–H groups in total. The average molecular weight is 484 g/mol. The molecule has 0 spiro atoms. The van der Waals surface area contributed by atoms with Crippen molar-refractivity contribution in [3.8, 4) is 0 Å². The van der Waals surface area contributed by atoms with Gasteiger partial charge in [-0.1, -0.05) is 60.7 Å². The topological polar surface area (TPSA) is 86.8 Å². The maximum absolute atomic E-state index is 12.9. The molecular weight excluding hydrogens is 450 g/mol. The second kappa shape index (κ2) is 12.2. The quantitative estimate of drug-likeness (QED) is 0.351. The lowest BCUT2D eigenvalue weighted by Crippen LogP contribution is -2.42. The van der Waals surface area contributed by atoms with E-state index in [1.807, 2.05) is 60.7 Å². The summed E-state index contributed by atoms with van der Waals surface area (Å²) in [4.78, 5) is 26.8. The van der Waals surface area contributed by atoms with Crippen molar-refractivity contribution in [1.29, 1.82) is 0 Å².